The number of phenolic OH excluding ortho intramolecular Hbond substituents is 1. The van der Waals surface area contributed by atoms with Gasteiger partial charge in [-0.15, -0.1) is 0 Å². The summed E-state index contributed by atoms with van der Waals surface area (Å²) in [4.78, 5) is 43.9. The molecule has 0 bridgehead atoms. The number of alkyl halides is 3. The van der Waals surface area contributed by atoms with Crippen molar-refractivity contribution in [3.63, 3.8) is 0 Å². The highest BCUT2D eigenvalue weighted by Crippen LogP contribution is 2.29. The highest BCUT2D eigenvalue weighted by atomic mass is 79.9. The molecule has 0 fully saturated rings. The Morgan fingerprint density at radius 2 is 0.735 bits per heavy atom. The van der Waals surface area contributed by atoms with E-state index >= 15 is 0 Å². The number of amides is 1. The highest BCUT2D eigenvalue weighted by Gasteiger charge is 2.20. The molecular weight excluding hydrogens is 1480 g/mol. The highest BCUT2D eigenvalue weighted by molar-refractivity contribution is 9.09. The molecule has 0 spiro atoms. The van der Waals surface area contributed by atoms with E-state index in [-0.39, 0.29) is 17.6 Å². The second-order valence-electron chi connectivity index (χ2n) is 23.6. The van der Waals surface area contributed by atoms with Crippen LogP contribution >= 0.6 is 47.8 Å². The topological polar surface area (TPSA) is 204 Å². The second-order valence-corrected chi connectivity index (χ2v) is 26.0. The van der Waals surface area contributed by atoms with Crippen LogP contribution in [0, 0.1) is 31.0 Å². The van der Waals surface area contributed by atoms with Gasteiger partial charge in [0.05, 0.1) is 57.8 Å². The maximum Gasteiger partial charge on any atom is 0.328 e. The molecule has 2 unspecified atom stereocenters. The lowest BCUT2D eigenvalue weighted by atomic mass is 10.0. The van der Waals surface area contributed by atoms with Gasteiger partial charge in [0, 0.05) is 22.9 Å². The number of hydrogen-bond acceptors (Lipinski definition) is 10. The van der Waals surface area contributed by atoms with Crippen LogP contribution in [-0.4, -0.2) is 82.6 Å². The van der Waals surface area contributed by atoms with Crippen molar-refractivity contribution in [1.82, 2.24) is 5.32 Å². The van der Waals surface area contributed by atoms with Crippen molar-refractivity contribution < 1.29 is 43.5 Å². The lowest BCUT2D eigenvalue weighted by Gasteiger charge is -2.16. The van der Waals surface area contributed by atoms with Crippen LogP contribution in [0.5, 0.6) is 23.0 Å². The molecule has 0 saturated carbocycles. The van der Waals surface area contributed by atoms with E-state index in [1.54, 1.807) is 31.2 Å². The molecule has 0 heterocycles. The molecule has 102 heavy (non-hydrogen) atoms. The molecule has 0 radical (unpaired) electrons. The van der Waals surface area contributed by atoms with Gasteiger partial charge in [-0.1, -0.05) is 245 Å². The van der Waals surface area contributed by atoms with Crippen molar-refractivity contribution >= 4 is 82.7 Å². The number of halogens is 3. The third-order valence-electron chi connectivity index (χ3n) is 15.7. The third-order valence-corrected chi connectivity index (χ3v) is 17.4. The number of phenols is 1. The van der Waals surface area contributed by atoms with E-state index in [1.807, 2.05) is 158 Å². The monoisotopic (exact) mass is 1570 g/mol. The van der Waals surface area contributed by atoms with Crippen LogP contribution in [0.25, 0.3) is 59.0 Å². The quantitative estimate of drug-likeness (QED) is 0.0126. The predicted molar refractivity (Wildman–Crippen MR) is 423 cm³/mol. The number of nitrogens with one attached hydrogen (secondary N) is 1. The number of unbranched alkanes of at least 4 members (excludes halogenated alkanes) is 12. The Morgan fingerprint density at radius 3 is 1.02 bits per heavy atom. The van der Waals surface area contributed by atoms with E-state index in [0.29, 0.717) is 55.3 Å². The van der Waals surface area contributed by atoms with Gasteiger partial charge in [-0.05, 0) is 163 Å². The maximum absolute atomic E-state index is 11.9. The van der Waals surface area contributed by atoms with Gasteiger partial charge in [-0.2, -0.15) is 5.26 Å². The molecule has 8 aromatic carbocycles. The first kappa shape index (κ1) is 85.1. The molecule has 0 aliphatic heterocycles. The maximum atomic E-state index is 11.9. The minimum atomic E-state index is -0.931. The summed E-state index contributed by atoms with van der Waals surface area (Å²) in [6.07, 6.45) is 18.7. The van der Waals surface area contributed by atoms with Gasteiger partial charge in [0.15, 0.2) is 17.1 Å². The summed E-state index contributed by atoms with van der Waals surface area (Å²) in [5.41, 5.74) is 16.7. The zero-order valence-electron chi connectivity index (χ0n) is 58.6. The Bertz CT molecular complexity index is 3790. The van der Waals surface area contributed by atoms with Crippen molar-refractivity contribution in [3.05, 3.63) is 234 Å². The molecule has 0 aromatic heterocycles. The van der Waals surface area contributed by atoms with E-state index < -0.39 is 18.1 Å². The number of nitriles is 1. The van der Waals surface area contributed by atoms with Crippen LogP contribution < -0.4 is 25.3 Å². The molecule has 18 heteroatoms. The molecule has 0 aliphatic rings. The fourth-order valence-corrected chi connectivity index (χ4v) is 11.1. The van der Waals surface area contributed by atoms with Crippen molar-refractivity contribution in [2.75, 3.05) is 42.4 Å². The van der Waals surface area contributed by atoms with E-state index in [0.717, 1.165) is 142 Å². The minimum Gasteiger partial charge on any atom is -0.508 e. The zero-order valence-corrected chi connectivity index (χ0v) is 63.3. The molecule has 8 rings (SSSR count). The summed E-state index contributed by atoms with van der Waals surface area (Å²) in [7, 11) is 0. The molecule has 5 N–H and O–H groups in total. The number of carbonyl (C=O) groups is 3. The predicted octanol–water partition coefficient (Wildman–Crippen LogP) is 22.5. The number of ether oxygens (including phenoxy) is 4. The SMILES string of the molecule is BrCCCCCCBr.N#Cc1ccc(-c2ccc(O)cc2)cc1.[C-]#[N+]c1ccc(-c2ccc(OCCCCCCBr)cc2)cc1.[C-]#[N+]c1ccc(-c2ccc(OCCCCCCC(N)C(=O)O)cc2)cc1.[C-]#[N+]c1ccc(-c2ccc(OCCCCCCC(NC(C)=O)C(=O)OCC)cc2)cc1. The summed E-state index contributed by atoms with van der Waals surface area (Å²) in [5.74, 6) is 1.31. The zero-order chi connectivity index (χ0) is 73.8. The summed E-state index contributed by atoms with van der Waals surface area (Å²) < 4.78 is 22.3. The van der Waals surface area contributed by atoms with Gasteiger partial charge < -0.3 is 40.2 Å². The van der Waals surface area contributed by atoms with Crippen molar-refractivity contribution in [1.29, 1.82) is 5.26 Å². The van der Waals surface area contributed by atoms with Crippen molar-refractivity contribution in [2.45, 2.75) is 142 Å². The lowest BCUT2D eigenvalue weighted by molar-refractivity contribution is -0.147. The summed E-state index contributed by atoms with van der Waals surface area (Å²) in [6.45, 7) is 26.5. The number of nitrogens with zero attached hydrogens (tertiary/aromatic N) is 4. The van der Waals surface area contributed by atoms with Gasteiger partial charge >= 0.3 is 11.9 Å². The van der Waals surface area contributed by atoms with Gasteiger partial charge in [0.1, 0.15) is 35.1 Å². The van der Waals surface area contributed by atoms with Gasteiger partial charge in [-0.25, -0.2) is 19.3 Å². The van der Waals surface area contributed by atoms with Gasteiger partial charge in [-0.3, -0.25) is 9.59 Å². The number of aliphatic carboxylic acids is 1. The Labute approximate surface area is 629 Å². The summed E-state index contributed by atoms with van der Waals surface area (Å²) >= 11 is 10.2. The minimum absolute atomic E-state index is 0.224. The van der Waals surface area contributed by atoms with Gasteiger partial charge in [0.25, 0.3) is 0 Å². The third kappa shape index (κ3) is 35.9. The van der Waals surface area contributed by atoms with Crippen LogP contribution in [0.1, 0.15) is 135 Å². The first-order valence-corrected chi connectivity index (χ1v) is 38.1. The smallest absolute Gasteiger partial charge is 0.328 e. The summed E-state index contributed by atoms with van der Waals surface area (Å²) in [6, 6.07) is 61.8. The van der Waals surface area contributed by atoms with Crippen LogP contribution in [0.4, 0.5) is 17.1 Å². The number of carboxylic acids is 1. The number of nitrogens with two attached hydrogens (primary N) is 1. The van der Waals surface area contributed by atoms with Crippen molar-refractivity contribution in [3.8, 4) is 73.6 Å². The molecule has 536 valence electrons. The first-order valence-electron chi connectivity index (χ1n) is 34.7. The normalized spacial score (nSPS) is 10.7. The number of aromatic hydroxyl groups is 1. The molecule has 0 aliphatic carbocycles. The average Bonchev–Trinajstić information content (AvgIpc) is 0.881. The Morgan fingerprint density at radius 1 is 0.451 bits per heavy atom. The van der Waals surface area contributed by atoms with Crippen LogP contribution in [0.3, 0.4) is 0 Å². The molecule has 8 aromatic rings. The Balaban J connectivity index is 0.000000284. The molecule has 15 nitrogen and oxygen atoms in total. The van der Waals surface area contributed by atoms with Crippen LogP contribution in [0.2, 0.25) is 0 Å². The van der Waals surface area contributed by atoms with E-state index in [9.17, 15) is 14.4 Å². The number of benzene rings is 8. The first-order chi connectivity index (χ1) is 49.7. The molecular formula is C84H95Br3N6O9. The number of carbonyl (C=O) groups excluding carboxylic acids is 2. The van der Waals surface area contributed by atoms with E-state index in [1.165, 1.54) is 51.9 Å². The lowest BCUT2D eigenvalue weighted by Crippen LogP contribution is -2.40. The standard InChI is InChI=1S/C25H30N2O4.C21H24N2O3.C19H20BrNO.C13H9NO.C6H12Br2/c1-4-30-25(29)24(27-19(2)28)9-7-5-6-8-18-31-23-16-12-21(13-17-23)20-10-14-22(26-3)15-11-20;1-23-18-11-7-16(8-12-18)17-9-13-19(14-10-17)26-15-5-3-2-4-6-20(22)21(24)25;1-21-18-10-6-16(7-11-18)17-8-12-19(13-9-17)22-15-5-3-2-4-14-20;14-9-10-1-3-11(4-2-10)12-5-7-13(15)8-6-12;7-5-3-1-2-4-6-8/h10-17,24H,4-9,18H2,1-2H3,(H,27,28);7-14,20H,2-6,15,22H2,(H,24,25);6-13H,2-5,14-15H2;1-8,15H;1-6H2. The fraction of sp³-hybridized carbons (Fsp3) is 0.345. The van der Waals surface area contributed by atoms with E-state index in [2.05, 4.69) is 85.8 Å². The van der Waals surface area contributed by atoms with Crippen molar-refractivity contribution in [2.24, 2.45) is 5.73 Å². The largest absolute Gasteiger partial charge is 0.508 e. The second kappa shape index (κ2) is 52.7. The average molecular weight is 1570 g/mol. The number of rotatable bonds is 36. The van der Waals surface area contributed by atoms with Crippen LogP contribution in [0.15, 0.2) is 194 Å². The summed E-state index contributed by atoms with van der Waals surface area (Å²) in [5, 5.41) is 32.6. The van der Waals surface area contributed by atoms with E-state index in [4.69, 9.17) is 59.9 Å². The Hall–Kier alpha value is -9.27. The fourth-order valence-electron chi connectivity index (χ4n) is 9.95. The number of hydrogen-bond donors (Lipinski definition) is 4. The molecule has 1 amide bonds. The molecule has 2 atom stereocenters. The molecule has 0 saturated heterocycles. The number of esters is 1. The Kier molecular flexibility index (Phi) is 44.0. The number of carboxylic acid groups (broad SMARTS) is 1. The van der Waals surface area contributed by atoms with Crippen LogP contribution in [-0.2, 0) is 19.1 Å². The van der Waals surface area contributed by atoms with Gasteiger partial charge in [0.2, 0.25) is 5.91 Å².